The number of hydrogen-bond donors (Lipinski definition) is 2. The zero-order valence-corrected chi connectivity index (χ0v) is 10.5. The van der Waals surface area contributed by atoms with Crippen molar-refractivity contribution in [3.8, 4) is 11.3 Å². The summed E-state index contributed by atoms with van der Waals surface area (Å²) in [5, 5.41) is 2.85. The summed E-state index contributed by atoms with van der Waals surface area (Å²) in [5.74, 6) is -0.448. The highest BCUT2D eigenvalue weighted by molar-refractivity contribution is 7.10. The van der Waals surface area contributed by atoms with Gasteiger partial charge in [-0.25, -0.2) is 9.78 Å². The van der Waals surface area contributed by atoms with Crippen LogP contribution in [0.4, 0.5) is 0 Å². The van der Waals surface area contributed by atoms with Crippen molar-refractivity contribution < 1.29 is 4.42 Å². The van der Waals surface area contributed by atoms with Crippen molar-refractivity contribution in [3.05, 3.63) is 39.1 Å². The quantitative estimate of drug-likeness (QED) is 0.741. The van der Waals surface area contributed by atoms with Gasteiger partial charge in [0.2, 0.25) is 0 Å². The monoisotopic (exact) mass is 261 g/mol. The molecule has 0 bridgehead atoms. The molecule has 3 rings (SSSR count). The Balaban J connectivity index is 2.09. The van der Waals surface area contributed by atoms with Crippen molar-refractivity contribution in [2.24, 2.45) is 5.73 Å². The predicted molar refractivity (Wildman–Crippen MR) is 70.5 cm³/mol. The van der Waals surface area contributed by atoms with Crippen LogP contribution in [-0.4, -0.2) is 9.97 Å². The Bertz CT molecular complexity index is 754. The predicted octanol–water partition coefficient (Wildman–Crippen LogP) is 2.26. The van der Waals surface area contributed by atoms with Crippen molar-refractivity contribution >= 4 is 22.4 Å². The van der Waals surface area contributed by atoms with Gasteiger partial charge >= 0.3 is 5.76 Å². The van der Waals surface area contributed by atoms with Crippen molar-refractivity contribution in [2.75, 3.05) is 0 Å². The molecular formula is C12H11N3O2S. The molecule has 6 heteroatoms. The van der Waals surface area contributed by atoms with Gasteiger partial charge in [-0.1, -0.05) is 0 Å². The van der Waals surface area contributed by atoms with E-state index in [4.69, 9.17) is 10.2 Å². The molecule has 2 aromatic heterocycles. The van der Waals surface area contributed by atoms with E-state index in [0.29, 0.717) is 11.1 Å². The van der Waals surface area contributed by atoms with Crippen molar-refractivity contribution in [2.45, 2.75) is 13.0 Å². The van der Waals surface area contributed by atoms with Crippen LogP contribution >= 0.6 is 11.3 Å². The smallest absolute Gasteiger partial charge is 0.408 e. The molecule has 3 aromatic rings. The summed E-state index contributed by atoms with van der Waals surface area (Å²) >= 11 is 1.53. The van der Waals surface area contributed by atoms with Crippen LogP contribution in [-0.2, 0) is 0 Å². The Kier molecular flexibility index (Phi) is 2.53. The highest BCUT2D eigenvalue weighted by atomic mass is 32.1. The van der Waals surface area contributed by atoms with Gasteiger partial charge in [-0.15, -0.1) is 11.3 Å². The number of nitrogens with two attached hydrogens (primary N) is 1. The first-order valence-corrected chi connectivity index (χ1v) is 6.36. The van der Waals surface area contributed by atoms with Gasteiger partial charge in [0, 0.05) is 10.9 Å². The average molecular weight is 261 g/mol. The molecule has 1 atom stereocenters. The molecule has 0 aliphatic heterocycles. The standard InChI is InChI=1S/C12H11N3O2S/c1-6(13)11-14-9(5-18-11)7-2-3-10-8(4-7)15-12(16)17-10/h2-6H,13H2,1H3,(H,15,16). The lowest BCUT2D eigenvalue weighted by Crippen LogP contribution is -2.03. The highest BCUT2D eigenvalue weighted by Crippen LogP contribution is 2.26. The summed E-state index contributed by atoms with van der Waals surface area (Å²) in [7, 11) is 0. The lowest BCUT2D eigenvalue weighted by atomic mass is 10.1. The Hall–Kier alpha value is -1.92. The molecule has 5 nitrogen and oxygen atoms in total. The van der Waals surface area contributed by atoms with Crippen LogP contribution in [0, 0.1) is 0 Å². The molecular weight excluding hydrogens is 250 g/mol. The molecule has 0 aliphatic rings. The molecule has 0 aliphatic carbocycles. The maximum Gasteiger partial charge on any atom is 0.417 e. The van der Waals surface area contributed by atoms with E-state index in [1.54, 1.807) is 6.07 Å². The summed E-state index contributed by atoms with van der Waals surface area (Å²) in [6.07, 6.45) is 0. The van der Waals surface area contributed by atoms with E-state index in [9.17, 15) is 4.79 Å². The fourth-order valence-electron chi connectivity index (χ4n) is 1.74. The number of aromatic nitrogens is 2. The maximum absolute atomic E-state index is 11.1. The molecule has 3 N–H and O–H groups in total. The second kappa shape index (κ2) is 4.08. The van der Waals surface area contributed by atoms with Gasteiger partial charge in [0.25, 0.3) is 0 Å². The third-order valence-corrected chi connectivity index (χ3v) is 3.67. The number of oxazole rings is 1. The number of nitrogens with one attached hydrogen (secondary N) is 1. The SMILES string of the molecule is CC(N)c1nc(-c2ccc3oc(=O)[nH]c3c2)cs1. The van der Waals surface area contributed by atoms with Gasteiger partial charge in [-0.2, -0.15) is 0 Å². The van der Waals surface area contributed by atoms with Crippen molar-refractivity contribution in [3.63, 3.8) is 0 Å². The zero-order valence-electron chi connectivity index (χ0n) is 9.64. The first-order valence-electron chi connectivity index (χ1n) is 5.48. The first-order chi connectivity index (χ1) is 8.63. The fraction of sp³-hybridized carbons (Fsp3) is 0.167. The van der Waals surface area contributed by atoms with Crippen LogP contribution < -0.4 is 11.5 Å². The summed E-state index contributed by atoms with van der Waals surface area (Å²) < 4.78 is 4.95. The van der Waals surface area contributed by atoms with E-state index in [0.717, 1.165) is 16.3 Å². The Labute approximate surface area is 106 Å². The van der Waals surface area contributed by atoms with E-state index in [1.165, 1.54) is 11.3 Å². The lowest BCUT2D eigenvalue weighted by molar-refractivity contribution is 0.555. The lowest BCUT2D eigenvalue weighted by Gasteiger charge is -1.98. The van der Waals surface area contributed by atoms with Crippen LogP contribution in [0.2, 0.25) is 0 Å². The molecule has 92 valence electrons. The van der Waals surface area contributed by atoms with Crippen LogP contribution in [0.15, 0.2) is 32.8 Å². The van der Waals surface area contributed by atoms with Gasteiger partial charge in [0.15, 0.2) is 5.58 Å². The van der Waals surface area contributed by atoms with Crippen LogP contribution in [0.5, 0.6) is 0 Å². The summed E-state index contributed by atoms with van der Waals surface area (Å²) in [5.41, 5.74) is 8.80. The van der Waals surface area contributed by atoms with Gasteiger partial charge in [-0.3, -0.25) is 4.98 Å². The number of hydrogen-bond acceptors (Lipinski definition) is 5. The Morgan fingerprint density at radius 2 is 2.33 bits per heavy atom. The molecule has 1 unspecified atom stereocenters. The van der Waals surface area contributed by atoms with E-state index in [1.807, 2.05) is 24.4 Å². The molecule has 0 radical (unpaired) electrons. The number of benzene rings is 1. The van der Waals surface area contributed by atoms with Gasteiger partial charge in [-0.05, 0) is 25.1 Å². The molecule has 0 saturated heterocycles. The third-order valence-electron chi connectivity index (χ3n) is 2.63. The summed E-state index contributed by atoms with van der Waals surface area (Å²) in [4.78, 5) is 18.2. The average Bonchev–Trinajstić information content (AvgIpc) is 2.91. The van der Waals surface area contributed by atoms with Crippen molar-refractivity contribution in [1.29, 1.82) is 0 Å². The second-order valence-corrected chi connectivity index (χ2v) is 4.97. The molecule has 1 aromatic carbocycles. The molecule has 0 saturated carbocycles. The van der Waals surface area contributed by atoms with Gasteiger partial charge in [0.05, 0.1) is 17.3 Å². The fourth-order valence-corrected chi connectivity index (χ4v) is 2.53. The minimum Gasteiger partial charge on any atom is -0.408 e. The number of nitrogens with zero attached hydrogens (tertiary/aromatic N) is 1. The summed E-state index contributed by atoms with van der Waals surface area (Å²) in [6.45, 7) is 1.90. The molecule has 2 heterocycles. The molecule has 0 spiro atoms. The van der Waals surface area contributed by atoms with Crippen molar-refractivity contribution in [1.82, 2.24) is 9.97 Å². The molecule has 0 amide bonds. The number of aromatic amines is 1. The number of fused-ring (bicyclic) bond motifs is 1. The number of thiazole rings is 1. The number of H-pyrrole nitrogens is 1. The van der Waals surface area contributed by atoms with Gasteiger partial charge in [0.1, 0.15) is 5.01 Å². The van der Waals surface area contributed by atoms with Crippen LogP contribution in [0.1, 0.15) is 18.0 Å². The minimum atomic E-state index is -0.448. The Morgan fingerprint density at radius 3 is 3.06 bits per heavy atom. The number of rotatable bonds is 2. The topological polar surface area (TPSA) is 84.9 Å². The van der Waals surface area contributed by atoms with E-state index in [2.05, 4.69) is 9.97 Å². The largest absolute Gasteiger partial charge is 0.417 e. The zero-order chi connectivity index (χ0) is 12.7. The van der Waals surface area contributed by atoms with E-state index >= 15 is 0 Å². The third kappa shape index (κ3) is 1.85. The Morgan fingerprint density at radius 1 is 1.50 bits per heavy atom. The first kappa shape index (κ1) is 11.2. The second-order valence-electron chi connectivity index (χ2n) is 4.09. The van der Waals surface area contributed by atoms with E-state index in [-0.39, 0.29) is 6.04 Å². The summed E-state index contributed by atoms with van der Waals surface area (Å²) in [6, 6.07) is 5.41. The molecule has 18 heavy (non-hydrogen) atoms. The molecule has 0 fully saturated rings. The van der Waals surface area contributed by atoms with E-state index < -0.39 is 5.76 Å². The van der Waals surface area contributed by atoms with Crippen LogP contribution in [0.3, 0.4) is 0 Å². The normalized spacial score (nSPS) is 13.0. The minimum absolute atomic E-state index is 0.0683. The maximum atomic E-state index is 11.1. The highest BCUT2D eigenvalue weighted by Gasteiger charge is 2.09. The van der Waals surface area contributed by atoms with Crippen LogP contribution in [0.25, 0.3) is 22.4 Å². The van der Waals surface area contributed by atoms with Gasteiger partial charge < -0.3 is 10.2 Å².